The summed E-state index contributed by atoms with van der Waals surface area (Å²) >= 11 is 0.738. The van der Waals surface area contributed by atoms with Gasteiger partial charge in [0.05, 0.1) is 5.75 Å². The fraction of sp³-hybridized carbons (Fsp3) is 0.250. The molecular formula is C24H22N4O6S2. The quantitative estimate of drug-likeness (QED) is 0.325. The van der Waals surface area contributed by atoms with Crippen LogP contribution < -0.4 is 19.5 Å². The van der Waals surface area contributed by atoms with Gasteiger partial charge in [0.1, 0.15) is 24.0 Å². The molecule has 4 rings (SSSR count). The van der Waals surface area contributed by atoms with Crippen molar-refractivity contribution in [2.45, 2.75) is 25.6 Å². The fourth-order valence-corrected chi connectivity index (χ4v) is 5.59. The molecule has 0 radical (unpaired) electrons. The number of rotatable bonds is 9. The normalized spacial score (nSPS) is 12.9. The Morgan fingerprint density at radius 3 is 2.69 bits per heavy atom. The van der Waals surface area contributed by atoms with Crippen molar-refractivity contribution in [1.29, 1.82) is 5.26 Å². The molecule has 0 bridgehead atoms. The van der Waals surface area contributed by atoms with Crippen LogP contribution >= 0.6 is 11.5 Å². The van der Waals surface area contributed by atoms with E-state index in [1.807, 2.05) is 24.3 Å². The summed E-state index contributed by atoms with van der Waals surface area (Å²) in [6.07, 6.45) is 1.41. The highest BCUT2D eigenvalue weighted by atomic mass is 32.2. The highest BCUT2D eigenvalue weighted by Gasteiger charge is 2.23. The lowest BCUT2D eigenvalue weighted by Gasteiger charge is -2.07. The number of anilines is 1. The molecule has 0 saturated heterocycles. The lowest BCUT2D eigenvalue weighted by atomic mass is 10.1. The van der Waals surface area contributed by atoms with Crippen LogP contribution in [0.25, 0.3) is 6.08 Å². The van der Waals surface area contributed by atoms with Crippen molar-refractivity contribution in [3.63, 3.8) is 0 Å². The van der Waals surface area contributed by atoms with Gasteiger partial charge in [-0.2, -0.15) is 14.6 Å². The number of hydrogen-bond donors (Lipinski definition) is 1. The van der Waals surface area contributed by atoms with Crippen LogP contribution in [0, 0.1) is 17.2 Å². The predicted octanol–water partition coefficient (Wildman–Crippen LogP) is 3.82. The van der Waals surface area contributed by atoms with E-state index in [1.165, 1.54) is 6.08 Å². The Bertz CT molecular complexity index is 1440. The minimum absolute atomic E-state index is 0.00394. The van der Waals surface area contributed by atoms with E-state index in [0.29, 0.717) is 29.4 Å². The number of ether oxygens (including phenoxy) is 3. The minimum Gasteiger partial charge on any atom is -0.489 e. The van der Waals surface area contributed by atoms with Crippen LogP contribution in [-0.2, 0) is 21.2 Å². The maximum Gasteiger partial charge on any atom is 0.268 e. The molecule has 1 aliphatic heterocycles. The van der Waals surface area contributed by atoms with Crippen molar-refractivity contribution in [3.8, 4) is 23.3 Å². The van der Waals surface area contributed by atoms with Gasteiger partial charge in [-0.1, -0.05) is 32.0 Å². The van der Waals surface area contributed by atoms with E-state index in [-0.39, 0.29) is 34.3 Å². The summed E-state index contributed by atoms with van der Waals surface area (Å²) in [6.45, 7) is 4.08. The fourth-order valence-electron chi connectivity index (χ4n) is 3.24. The Balaban J connectivity index is 1.37. The van der Waals surface area contributed by atoms with E-state index >= 15 is 0 Å². The van der Waals surface area contributed by atoms with Crippen LogP contribution in [0.4, 0.5) is 5.13 Å². The summed E-state index contributed by atoms with van der Waals surface area (Å²) in [5.74, 6) is 1.08. The Kier molecular flexibility index (Phi) is 7.52. The molecule has 1 N–H and O–H groups in total. The Morgan fingerprint density at radius 2 is 1.97 bits per heavy atom. The summed E-state index contributed by atoms with van der Waals surface area (Å²) in [5.41, 5.74) is 1.35. The van der Waals surface area contributed by atoms with Crippen LogP contribution in [0.5, 0.6) is 17.2 Å². The maximum atomic E-state index is 12.5. The number of amides is 1. The maximum absolute atomic E-state index is 12.5. The SMILES string of the molecule is CC(C)CS(=O)(=O)c1nsc(NC(=O)/C(C#N)=C\c2ccc(OCc3ccc4c(c3)OCO4)cc2)n1. The zero-order valence-corrected chi connectivity index (χ0v) is 21.1. The van der Waals surface area contributed by atoms with Crippen LogP contribution in [0.3, 0.4) is 0 Å². The van der Waals surface area contributed by atoms with Crippen molar-refractivity contribution in [1.82, 2.24) is 9.36 Å². The Morgan fingerprint density at radius 1 is 1.22 bits per heavy atom. The van der Waals surface area contributed by atoms with E-state index in [1.54, 1.807) is 38.1 Å². The van der Waals surface area contributed by atoms with Crippen molar-refractivity contribution < 1.29 is 27.4 Å². The number of aromatic nitrogens is 2. The van der Waals surface area contributed by atoms with Crippen LogP contribution in [0.2, 0.25) is 0 Å². The van der Waals surface area contributed by atoms with Crippen LogP contribution in [0.15, 0.2) is 53.2 Å². The van der Waals surface area contributed by atoms with Gasteiger partial charge in [0.2, 0.25) is 21.8 Å². The molecule has 0 aliphatic carbocycles. The molecule has 3 aromatic rings. The molecule has 0 atom stereocenters. The number of carbonyl (C=O) groups is 1. The molecule has 2 aromatic carbocycles. The van der Waals surface area contributed by atoms with E-state index < -0.39 is 15.7 Å². The average molecular weight is 527 g/mol. The molecule has 0 fully saturated rings. The molecule has 12 heteroatoms. The summed E-state index contributed by atoms with van der Waals surface area (Å²) < 4.78 is 44.8. The highest BCUT2D eigenvalue weighted by molar-refractivity contribution is 7.91. The van der Waals surface area contributed by atoms with Gasteiger partial charge in [0, 0.05) is 11.5 Å². The molecular weight excluding hydrogens is 504 g/mol. The first-order valence-corrected chi connectivity index (χ1v) is 13.3. The smallest absolute Gasteiger partial charge is 0.268 e. The van der Waals surface area contributed by atoms with Crippen LogP contribution in [0.1, 0.15) is 25.0 Å². The highest BCUT2D eigenvalue weighted by Crippen LogP contribution is 2.32. The van der Waals surface area contributed by atoms with Gasteiger partial charge < -0.3 is 14.2 Å². The summed E-state index contributed by atoms with van der Waals surface area (Å²) in [4.78, 5) is 16.4. The molecule has 186 valence electrons. The molecule has 1 amide bonds. The van der Waals surface area contributed by atoms with E-state index in [0.717, 1.165) is 17.1 Å². The van der Waals surface area contributed by atoms with Gasteiger partial charge in [0.15, 0.2) is 11.5 Å². The zero-order chi connectivity index (χ0) is 25.7. The van der Waals surface area contributed by atoms with Gasteiger partial charge in [-0.05, 0) is 47.4 Å². The van der Waals surface area contributed by atoms with Gasteiger partial charge in [0.25, 0.3) is 11.1 Å². The number of benzene rings is 2. The third kappa shape index (κ3) is 6.18. The number of nitrogens with zero attached hydrogens (tertiary/aromatic N) is 3. The van der Waals surface area contributed by atoms with E-state index in [4.69, 9.17) is 14.2 Å². The average Bonchev–Trinajstić information content (AvgIpc) is 3.50. The van der Waals surface area contributed by atoms with Gasteiger partial charge in [-0.25, -0.2) is 8.42 Å². The minimum atomic E-state index is -3.64. The van der Waals surface area contributed by atoms with Crippen molar-refractivity contribution in [2.24, 2.45) is 5.92 Å². The number of carbonyl (C=O) groups excluding carboxylic acids is 1. The van der Waals surface area contributed by atoms with E-state index in [2.05, 4.69) is 14.7 Å². The topological polar surface area (TPSA) is 140 Å². The van der Waals surface area contributed by atoms with Crippen molar-refractivity contribution >= 4 is 38.5 Å². The lowest BCUT2D eigenvalue weighted by molar-refractivity contribution is -0.112. The standard InChI is InChI=1S/C24H22N4O6S2/c1-15(2)13-36(30,31)24-27-23(35-28-24)26-22(29)18(11-25)9-16-3-6-19(7-4-16)32-12-17-5-8-20-21(10-17)34-14-33-20/h3-10,15H,12-14H2,1-2H3,(H,26,27,28,29)/b18-9-. The second-order valence-corrected chi connectivity index (χ2v) is 10.9. The third-order valence-corrected chi connectivity index (χ3v) is 7.45. The van der Waals surface area contributed by atoms with Crippen LogP contribution in [-0.4, -0.2) is 36.2 Å². The van der Waals surface area contributed by atoms with Gasteiger partial charge >= 0.3 is 0 Å². The molecule has 0 saturated carbocycles. The summed E-state index contributed by atoms with van der Waals surface area (Å²) in [7, 11) is -3.64. The molecule has 10 nitrogen and oxygen atoms in total. The molecule has 0 spiro atoms. The van der Waals surface area contributed by atoms with Gasteiger partial charge in [-0.3, -0.25) is 10.1 Å². The third-order valence-electron chi connectivity index (χ3n) is 4.86. The molecule has 36 heavy (non-hydrogen) atoms. The Hall–Kier alpha value is -3.95. The first-order chi connectivity index (χ1) is 17.2. The first-order valence-electron chi connectivity index (χ1n) is 10.8. The largest absolute Gasteiger partial charge is 0.489 e. The number of fused-ring (bicyclic) bond motifs is 1. The number of nitriles is 1. The second-order valence-electron chi connectivity index (χ2n) is 8.23. The van der Waals surface area contributed by atoms with E-state index in [9.17, 15) is 18.5 Å². The number of sulfone groups is 1. The predicted molar refractivity (Wildman–Crippen MR) is 132 cm³/mol. The molecule has 1 aromatic heterocycles. The number of nitrogens with one attached hydrogen (secondary N) is 1. The molecule has 0 unspecified atom stereocenters. The summed E-state index contributed by atoms with van der Waals surface area (Å²) in [6, 6.07) is 14.3. The molecule has 2 heterocycles. The Labute approximate surface area is 212 Å². The number of hydrogen-bond acceptors (Lipinski definition) is 10. The summed E-state index contributed by atoms with van der Waals surface area (Å²) in [5, 5.41) is 11.5. The molecule has 1 aliphatic rings. The monoisotopic (exact) mass is 526 g/mol. The second kappa shape index (κ2) is 10.8. The zero-order valence-electron chi connectivity index (χ0n) is 19.4. The van der Waals surface area contributed by atoms with Crippen molar-refractivity contribution in [2.75, 3.05) is 17.9 Å². The van der Waals surface area contributed by atoms with Gasteiger partial charge in [-0.15, -0.1) is 0 Å². The lowest BCUT2D eigenvalue weighted by Crippen LogP contribution is -2.15. The van der Waals surface area contributed by atoms with Crippen molar-refractivity contribution in [3.05, 3.63) is 59.2 Å². The first kappa shape index (κ1) is 25.2.